The van der Waals surface area contributed by atoms with E-state index in [2.05, 4.69) is 14.6 Å². The van der Waals surface area contributed by atoms with E-state index >= 15 is 0 Å². The number of nitrogens with zero attached hydrogens (tertiary/aromatic N) is 2. The van der Waals surface area contributed by atoms with Gasteiger partial charge in [-0.05, 0) is 49.1 Å². The van der Waals surface area contributed by atoms with Gasteiger partial charge in [-0.25, -0.2) is 18.1 Å². The van der Waals surface area contributed by atoms with Crippen LogP contribution in [0.3, 0.4) is 0 Å². The van der Waals surface area contributed by atoms with Crippen LogP contribution in [0.25, 0.3) is 0 Å². The summed E-state index contributed by atoms with van der Waals surface area (Å²) in [7, 11) is -3.61. The van der Waals surface area contributed by atoms with Crippen LogP contribution in [0.2, 0.25) is 5.02 Å². The number of benzene rings is 1. The first-order chi connectivity index (χ1) is 11.5. The molecular formula is C17H20ClN3O2S. The number of pyridine rings is 1. The van der Waals surface area contributed by atoms with E-state index in [4.69, 9.17) is 11.6 Å². The van der Waals surface area contributed by atoms with Crippen molar-refractivity contribution >= 4 is 27.4 Å². The largest absolute Gasteiger partial charge is 0.357 e. The van der Waals surface area contributed by atoms with E-state index in [-0.39, 0.29) is 11.4 Å². The molecule has 2 heterocycles. The highest BCUT2D eigenvalue weighted by molar-refractivity contribution is 7.89. The predicted octanol–water partition coefficient (Wildman–Crippen LogP) is 3.12. The first-order valence-electron chi connectivity index (χ1n) is 7.91. The molecule has 0 radical (unpaired) electrons. The van der Waals surface area contributed by atoms with Gasteiger partial charge in [0, 0.05) is 30.9 Å². The molecule has 0 atom stereocenters. The Labute approximate surface area is 147 Å². The Morgan fingerprint density at radius 2 is 1.96 bits per heavy atom. The maximum absolute atomic E-state index is 12.5. The summed E-state index contributed by atoms with van der Waals surface area (Å²) < 4.78 is 27.5. The van der Waals surface area contributed by atoms with Crippen molar-refractivity contribution < 1.29 is 8.42 Å². The summed E-state index contributed by atoms with van der Waals surface area (Å²) >= 11 is 5.91. The van der Waals surface area contributed by atoms with Gasteiger partial charge in [0.15, 0.2) is 0 Å². The van der Waals surface area contributed by atoms with E-state index in [9.17, 15) is 8.42 Å². The molecule has 0 bridgehead atoms. The quantitative estimate of drug-likeness (QED) is 0.884. The van der Waals surface area contributed by atoms with Crippen molar-refractivity contribution in [2.75, 3.05) is 18.0 Å². The molecule has 1 saturated heterocycles. The fourth-order valence-corrected chi connectivity index (χ4v) is 4.30. The summed E-state index contributed by atoms with van der Waals surface area (Å²) in [4.78, 5) is 6.88. The van der Waals surface area contributed by atoms with Gasteiger partial charge in [0.25, 0.3) is 0 Å². The Morgan fingerprint density at radius 3 is 2.62 bits per heavy atom. The van der Waals surface area contributed by atoms with Gasteiger partial charge in [0.2, 0.25) is 10.0 Å². The molecule has 0 aliphatic carbocycles. The molecule has 1 N–H and O–H groups in total. The van der Waals surface area contributed by atoms with Gasteiger partial charge < -0.3 is 4.90 Å². The third-order valence-corrected chi connectivity index (χ3v) is 5.92. The molecule has 1 aromatic carbocycles. The summed E-state index contributed by atoms with van der Waals surface area (Å²) in [5.41, 5.74) is 1.48. The zero-order valence-electron chi connectivity index (χ0n) is 13.5. The summed E-state index contributed by atoms with van der Waals surface area (Å²) in [6, 6.07) is 8.70. The number of aryl methyl sites for hydroxylation is 1. The lowest BCUT2D eigenvalue weighted by Gasteiger charge is -2.16. The lowest BCUT2D eigenvalue weighted by Crippen LogP contribution is -2.24. The van der Waals surface area contributed by atoms with Crippen molar-refractivity contribution in [2.24, 2.45) is 0 Å². The first kappa shape index (κ1) is 17.2. The van der Waals surface area contributed by atoms with E-state index in [1.54, 1.807) is 25.3 Å². The van der Waals surface area contributed by atoms with Crippen LogP contribution in [0.1, 0.15) is 24.0 Å². The van der Waals surface area contributed by atoms with Crippen LogP contribution in [0, 0.1) is 6.92 Å². The van der Waals surface area contributed by atoms with Gasteiger partial charge >= 0.3 is 0 Å². The van der Waals surface area contributed by atoms with Crippen LogP contribution in [0.4, 0.5) is 5.82 Å². The van der Waals surface area contributed by atoms with Gasteiger partial charge in [-0.1, -0.05) is 23.7 Å². The van der Waals surface area contributed by atoms with E-state index in [1.165, 1.54) is 18.9 Å². The number of rotatable bonds is 5. The number of anilines is 1. The monoisotopic (exact) mass is 365 g/mol. The second kappa shape index (κ2) is 7.09. The fourth-order valence-electron chi connectivity index (χ4n) is 2.77. The number of sulfonamides is 1. The normalized spacial score (nSPS) is 15.0. The van der Waals surface area contributed by atoms with Crippen LogP contribution in [-0.4, -0.2) is 26.5 Å². The number of hydrogen-bond acceptors (Lipinski definition) is 4. The molecule has 3 rings (SSSR count). The zero-order valence-corrected chi connectivity index (χ0v) is 15.1. The highest BCUT2D eigenvalue weighted by Gasteiger charge is 2.17. The highest BCUT2D eigenvalue weighted by Crippen LogP contribution is 2.21. The third kappa shape index (κ3) is 3.88. The summed E-state index contributed by atoms with van der Waals surface area (Å²) in [6.07, 6.45) is 4.12. The maximum atomic E-state index is 12.5. The molecule has 0 spiro atoms. The minimum atomic E-state index is -3.61. The topological polar surface area (TPSA) is 62.3 Å². The lowest BCUT2D eigenvalue weighted by atomic mass is 10.2. The lowest BCUT2D eigenvalue weighted by molar-refractivity contribution is 0.580. The van der Waals surface area contributed by atoms with E-state index in [0.29, 0.717) is 10.6 Å². The molecule has 1 aromatic heterocycles. The van der Waals surface area contributed by atoms with Crippen molar-refractivity contribution in [3.8, 4) is 0 Å². The van der Waals surface area contributed by atoms with Crippen molar-refractivity contribution in [2.45, 2.75) is 31.2 Å². The van der Waals surface area contributed by atoms with Gasteiger partial charge in [-0.15, -0.1) is 0 Å². The van der Waals surface area contributed by atoms with Crippen molar-refractivity contribution in [3.05, 3.63) is 52.7 Å². The molecule has 5 nitrogen and oxygen atoms in total. The van der Waals surface area contributed by atoms with Crippen LogP contribution in [0.15, 0.2) is 41.4 Å². The fraction of sp³-hybridized carbons (Fsp3) is 0.353. The maximum Gasteiger partial charge on any atom is 0.241 e. The van der Waals surface area contributed by atoms with Crippen molar-refractivity contribution in [3.63, 3.8) is 0 Å². The molecule has 1 aliphatic heterocycles. The highest BCUT2D eigenvalue weighted by atomic mass is 35.5. The summed E-state index contributed by atoms with van der Waals surface area (Å²) in [5, 5.41) is 0.401. The average Bonchev–Trinajstić information content (AvgIpc) is 3.10. The van der Waals surface area contributed by atoms with E-state index < -0.39 is 10.0 Å². The summed E-state index contributed by atoms with van der Waals surface area (Å²) in [6.45, 7) is 4.01. The van der Waals surface area contributed by atoms with Gasteiger partial charge in [0.1, 0.15) is 5.82 Å². The minimum Gasteiger partial charge on any atom is -0.357 e. The molecule has 24 heavy (non-hydrogen) atoms. The number of aromatic nitrogens is 1. The SMILES string of the molecule is Cc1ccc(Cl)cc1S(=O)(=O)NCc1ccc(N2CCCC2)nc1. The number of halogens is 1. The Hall–Kier alpha value is -1.63. The predicted molar refractivity (Wildman–Crippen MR) is 95.9 cm³/mol. The molecule has 0 saturated carbocycles. The molecule has 0 amide bonds. The average molecular weight is 366 g/mol. The van der Waals surface area contributed by atoms with Gasteiger partial charge in [-0.3, -0.25) is 0 Å². The standard InChI is InChI=1S/C17H20ClN3O2S/c1-13-4-6-15(18)10-16(13)24(22,23)20-12-14-5-7-17(19-11-14)21-8-2-3-9-21/h4-7,10-11,20H,2-3,8-9,12H2,1H3. The van der Waals surface area contributed by atoms with Crippen LogP contribution in [0.5, 0.6) is 0 Å². The molecule has 7 heteroatoms. The Kier molecular flexibility index (Phi) is 5.08. The van der Waals surface area contributed by atoms with E-state index in [0.717, 1.165) is 24.5 Å². The van der Waals surface area contributed by atoms with Crippen LogP contribution >= 0.6 is 11.6 Å². The van der Waals surface area contributed by atoms with Gasteiger partial charge in [-0.2, -0.15) is 0 Å². The van der Waals surface area contributed by atoms with Crippen LogP contribution in [-0.2, 0) is 16.6 Å². The van der Waals surface area contributed by atoms with Crippen molar-refractivity contribution in [1.29, 1.82) is 0 Å². The molecule has 1 aliphatic rings. The van der Waals surface area contributed by atoms with Gasteiger partial charge in [0.05, 0.1) is 4.90 Å². The molecule has 0 unspecified atom stereocenters. The molecule has 2 aromatic rings. The van der Waals surface area contributed by atoms with Crippen LogP contribution < -0.4 is 9.62 Å². The second-order valence-electron chi connectivity index (χ2n) is 5.95. The first-order valence-corrected chi connectivity index (χ1v) is 9.77. The number of hydrogen-bond donors (Lipinski definition) is 1. The minimum absolute atomic E-state index is 0.196. The molecular weight excluding hydrogens is 346 g/mol. The Morgan fingerprint density at radius 1 is 1.21 bits per heavy atom. The van der Waals surface area contributed by atoms with Crippen molar-refractivity contribution in [1.82, 2.24) is 9.71 Å². The zero-order chi connectivity index (χ0) is 17.2. The summed E-state index contributed by atoms with van der Waals surface area (Å²) in [5.74, 6) is 0.949. The smallest absolute Gasteiger partial charge is 0.241 e. The Balaban J connectivity index is 1.69. The van der Waals surface area contributed by atoms with E-state index in [1.807, 2.05) is 12.1 Å². The Bertz CT molecular complexity index is 816. The second-order valence-corrected chi connectivity index (χ2v) is 8.12. The molecule has 128 valence electrons. The third-order valence-electron chi connectivity index (χ3n) is 4.15. The molecule has 1 fully saturated rings. The number of nitrogens with one attached hydrogen (secondary N) is 1.